The summed E-state index contributed by atoms with van der Waals surface area (Å²) < 4.78 is 27.3. The van der Waals surface area contributed by atoms with Gasteiger partial charge in [0.05, 0.1) is 11.9 Å². The van der Waals surface area contributed by atoms with Crippen LogP contribution in [0.15, 0.2) is 0 Å². The van der Waals surface area contributed by atoms with Gasteiger partial charge in [-0.2, -0.15) is 8.42 Å². The van der Waals surface area contributed by atoms with Crippen molar-refractivity contribution in [3.8, 4) is 0 Å². The minimum atomic E-state index is -3.16. The third-order valence-electron chi connectivity index (χ3n) is 4.10. The summed E-state index contributed by atoms with van der Waals surface area (Å²) in [5.41, 5.74) is 0. The van der Waals surface area contributed by atoms with E-state index in [1.165, 1.54) is 64.2 Å². The highest BCUT2D eigenvalue weighted by atomic mass is 32.2. The molecule has 120 valence electrons. The zero-order chi connectivity index (χ0) is 14.7. The Morgan fingerprint density at radius 3 is 1.80 bits per heavy atom. The molecule has 0 N–H and O–H groups in total. The number of hydrogen-bond donors (Lipinski definition) is 0. The van der Waals surface area contributed by atoms with Crippen LogP contribution in [0.3, 0.4) is 0 Å². The van der Waals surface area contributed by atoms with E-state index in [0.29, 0.717) is 6.42 Å². The van der Waals surface area contributed by atoms with Gasteiger partial charge >= 0.3 is 0 Å². The number of unbranched alkanes of at least 4 members (excludes halogenated alkanes) is 10. The Balaban J connectivity index is 1.79. The number of hydrogen-bond acceptors (Lipinski definition) is 3. The minimum Gasteiger partial charge on any atom is -0.267 e. The molecule has 1 aliphatic heterocycles. The molecule has 0 aromatic heterocycles. The van der Waals surface area contributed by atoms with Crippen molar-refractivity contribution < 1.29 is 12.6 Å². The molecule has 0 amide bonds. The average molecular weight is 304 g/mol. The highest BCUT2D eigenvalue weighted by Gasteiger charge is 2.27. The van der Waals surface area contributed by atoms with Crippen LogP contribution in [-0.2, 0) is 14.3 Å². The zero-order valence-electron chi connectivity index (χ0n) is 13.1. The normalized spacial score (nSPS) is 21.4. The molecule has 3 nitrogen and oxygen atoms in total. The lowest BCUT2D eigenvalue weighted by atomic mass is 10.0. The minimum absolute atomic E-state index is 0.0291. The Bertz CT molecular complexity index is 325. The molecular weight excluding hydrogens is 272 g/mol. The second-order valence-electron chi connectivity index (χ2n) is 6.09. The fourth-order valence-corrected chi connectivity index (χ4v) is 4.06. The van der Waals surface area contributed by atoms with Crippen molar-refractivity contribution in [3.05, 3.63) is 0 Å². The van der Waals surface area contributed by atoms with Crippen molar-refractivity contribution in [1.29, 1.82) is 0 Å². The molecule has 1 aliphatic rings. The van der Waals surface area contributed by atoms with Crippen LogP contribution in [0.2, 0.25) is 0 Å². The molecule has 1 atom stereocenters. The lowest BCUT2D eigenvalue weighted by Crippen LogP contribution is -2.06. The third kappa shape index (κ3) is 8.96. The Labute approximate surface area is 125 Å². The van der Waals surface area contributed by atoms with Crippen molar-refractivity contribution in [3.63, 3.8) is 0 Å². The maximum atomic E-state index is 11.1. The topological polar surface area (TPSA) is 43.4 Å². The van der Waals surface area contributed by atoms with Gasteiger partial charge in [0.25, 0.3) is 10.1 Å². The summed E-state index contributed by atoms with van der Waals surface area (Å²) in [6.07, 6.45) is 16.2. The van der Waals surface area contributed by atoms with Crippen LogP contribution in [0.5, 0.6) is 0 Å². The van der Waals surface area contributed by atoms with E-state index in [1.54, 1.807) is 0 Å². The molecule has 0 spiro atoms. The molecule has 1 heterocycles. The quantitative estimate of drug-likeness (QED) is 0.384. The van der Waals surface area contributed by atoms with Crippen LogP contribution in [0.25, 0.3) is 0 Å². The summed E-state index contributed by atoms with van der Waals surface area (Å²) >= 11 is 0. The van der Waals surface area contributed by atoms with E-state index in [4.69, 9.17) is 4.18 Å². The van der Waals surface area contributed by atoms with Gasteiger partial charge in [-0.05, 0) is 12.8 Å². The Kier molecular flexibility index (Phi) is 9.53. The molecule has 1 fully saturated rings. The molecule has 20 heavy (non-hydrogen) atoms. The van der Waals surface area contributed by atoms with E-state index in [-0.39, 0.29) is 11.9 Å². The zero-order valence-corrected chi connectivity index (χ0v) is 13.9. The highest BCUT2D eigenvalue weighted by Crippen LogP contribution is 2.21. The largest absolute Gasteiger partial charge is 0.267 e. The fraction of sp³-hybridized carbons (Fsp3) is 1.00. The average Bonchev–Trinajstić information content (AvgIpc) is 2.75. The van der Waals surface area contributed by atoms with Crippen molar-refractivity contribution in [1.82, 2.24) is 0 Å². The third-order valence-corrected chi connectivity index (χ3v) is 5.40. The summed E-state index contributed by atoms with van der Waals surface area (Å²) in [5, 5.41) is 0. The SMILES string of the molecule is CCCCCCCCCCCCC[C@@H]1CCS(=O)(=O)O1. The van der Waals surface area contributed by atoms with Crippen molar-refractivity contribution in [2.45, 2.75) is 96.5 Å². The molecule has 0 saturated carbocycles. The maximum absolute atomic E-state index is 11.1. The predicted octanol–water partition coefficient (Wildman–Crippen LogP) is 4.81. The number of rotatable bonds is 12. The van der Waals surface area contributed by atoms with Crippen LogP contribution in [0.4, 0.5) is 0 Å². The lowest BCUT2D eigenvalue weighted by molar-refractivity contribution is 0.220. The Morgan fingerprint density at radius 2 is 1.35 bits per heavy atom. The monoisotopic (exact) mass is 304 g/mol. The summed E-state index contributed by atoms with van der Waals surface area (Å²) in [4.78, 5) is 0. The van der Waals surface area contributed by atoms with Gasteiger partial charge in [0.15, 0.2) is 0 Å². The first-order valence-corrected chi connectivity index (χ1v) is 10.1. The standard InChI is InChI=1S/C16H32O3S/c1-2-3-4-5-6-7-8-9-10-11-12-13-16-14-15-20(17,18)19-16/h16H,2-15H2,1H3/t16-/m1/s1. The fourth-order valence-electron chi connectivity index (χ4n) is 2.81. The molecule has 0 radical (unpaired) electrons. The van der Waals surface area contributed by atoms with E-state index >= 15 is 0 Å². The van der Waals surface area contributed by atoms with Gasteiger partial charge in [0, 0.05) is 0 Å². The molecule has 1 rings (SSSR count). The summed E-state index contributed by atoms with van der Waals surface area (Å²) in [6, 6.07) is 0. The summed E-state index contributed by atoms with van der Waals surface area (Å²) in [5.74, 6) is 0.218. The van der Waals surface area contributed by atoms with E-state index in [9.17, 15) is 8.42 Å². The summed E-state index contributed by atoms with van der Waals surface area (Å²) in [7, 11) is -3.16. The van der Waals surface area contributed by atoms with Crippen LogP contribution in [0, 0.1) is 0 Å². The van der Waals surface area contributed by atoms with Crippen molar-refractivity contribution in [2.24, 2.45) is 0 Å². The van der Waals surface area contributed by atoms with Gasteiger partial charge < -0.3 is 0 Å². The lowest BCUT2D eigenvalue weighted by Gasteiger charge is -2.07. The Morgan fingerprint density at radius 1 is 0.850 bits per heavy atom. The van der Waals surface area contributed by atoms with Gasteiger partial charge in [-0.1, -0.05) is 77.6 Å². The molecule has 0 aromatic carbocycles. The second kappa shape index (κ2) is 10.6. The Hall–Kier alpha value is -0.0900. The van der Waals surface area contributed by atoms with Crippen molar-refractivity contribution >= 4 is 10.1 Å². The molecule has 1 saturated heterocycles. The highest BCUT2D eigenvalue weighted by molar-refractivity contribution is 7.86. The van der Waals surface area contributed by atoms with Gasteiger partial charge in [-0.15, -0.1) is 0 Å². The van der Waals surface area contributed by atoms with Crippen LogP contribution in [0.1, 0.15) is 90.4 Å². The smallest absolute Gasteiger partial charge is 0.267 e. The molecule has 0 unspecified atom stereocenters. The first kappa shape index (κ1) is 18.0. The first-order valence-electron chi connectivity index (χ1n) is 8.55. The molecular formula is C16H32O3S. The van der Waals surface area contributed by atoms with Gasteiger partial charge in [0.2, 0.25) is 0 Å². The van der Waals surface area contributed by atoms with Crippen LogP contribution < -0.4 is 0 Å². The molecule has 0 aliphatic carbocycles. The van der Waals surface area contributed by atoms with Gasteiger partial charge in [-0.3, -0.25) is 4.18 Å². The second-order valence-corrected chi connectivity index (χ2v) is 7.81. The van der Waals surface area contributed by atoms with E-state index in [2.05, 4.69) is 6.92 Å². The van der Waals surface area contributed by atoms with Gasteiger partial charge in [0.1, 0.15) is 0 Å². The molecule has 0 aromatic rings. The van der Waals surface area contributed by atoms with E-state index in [0.717, 1.165) is 12.8 Å². The van der Waals surface area contributed by atoms with E-state index in [1.807, 2.05) is 0 Å². The molecule has 0 bridgehead atoms. The maximum Gasteiger partial charge on any atom is 0.267 e. The predicted molar refractivity (Wildman–Crippen MR) is 84.4 cm³/mol. The van der Waals surface area contributed by atoms with Crippen LogP contribution >= 0.6 is 0 Å². The van der Waals surface area contributed by atoms with Crippen LogP contribution in [-0.4, -0.2) is 20.3 Å². The summed E-state index contributed by atoms with van der Waals surface area (Å²) in [6.45, 7) is 2.26. The van der Waals surface area contributed by atoms with Crippen molar-refractivity contribution in [2.75, 3.05) is 5.75 Å². The molecule has 4 heteroatoms. The van der Waals surface area contributed by atoms with Gasteiger partial charge in [-0.25, -0.2) is 0 Å². The van der Waals surface area contributed by atoms with E-state index < -0.39 is 10.1 Å². The first-order chi connectivity index (χ1) is 9.64.